The van der Waals surface area contributed by atoms with Crippen LogP contribution in [0.3, 0.4) is 0 Å². The summed E-state index contributed by atoms with van der Waals surface area (Å²) in [5.74, 6) is 0.798. The van der Waals surface area contributed by atoms with E-state index in [0.717, 1.165) is 24.2 Å². The van der Waals surface area contributed by atoms with Gasteiger partial charge in [-0.25, -0.2) is 0 Å². The lowest BCUT2D eigenvalue weighted by molar-refractivity contribution is 0.147. The van der Waals surface area contributed by atoms with Crippen molar-refractivity contribution in [3.05, 3.63) is 29.8 Å². The first kappa shape index (κ1) is 13.0. The first-order valence-electron chi connectivity index (χ1n) is 5.74. The van der Waals surface area contributed by atoms with Gasteiger partial charge >= 0.3 is 0 Å². The molecule has 0 aliphatic carbocycles. The van der Waals surface area contributed by atoms with Crippen LogP contribution in [0.2, 0.25) is 0 Å². The van der Waals surface area contributed by atoms with E-state index < -0.39 is 6.10 Å². The number of aliphatic hydroxyl groups excluding tert-OH is 1. The second-order valence-corrected chi connectivity index (χ2v) is 5.39. The number of hydrogen-bond acceptors (Lipinski definition) is 2. The monoisotopic (exact) mass is 222 g/mol. The van der Waals surface area contributed by atoms with Gasteiger partial charge in [-0.05, 0) is 36.0 Å². The summed E-state index contributed by atoms with van der Waals surface area (Å²) < 4.78 is 5.14. The van der Waals surface area contributed by atoms with Crippen molar-refractivity contribution in [2.75, 3.05) is 7.11 Å². The number of benzene rings is 1. The zero-order valence-electron chi connectivity index (χ0n) is 10.7. The third-order valence-electron chi connectivity index (χ3n) is 2.65. The molecule has 0 radical (unpaired) electrons. The van der Waals surface area contributed by atoms with Crippen LogP contribution in [0.5, 0.6) is 5.75 Å². The van der Waals surface area contributed by atoms with Crippen LogP contribution in [-0.4, -0.2) is 12.2 Å². The number of hydrogen-bond donors (Lipinski definition) is 1. The van der Waals surface area contributed by atoms with Crippen LogP contribution in [-0.2, 0) is 0 Å². The molecule has 90 valence electrons. The maximum absolute atomic E-state index is 10.0. The fourth-order valence-electron chi connectivity index (χ4n) is 1.59. The zero-order chi connectivity index (χ0) is 12.2. The van der Waals surface area contributed by atoms with Crippen molar-refractivity contribution in [3.8, 4) is 5.75 Å². The molecule has 2 heteroatoms. The minimum Gasteiger partial charge on any atom is -0.497 e. The minimum absolute atomic E-state index is 0.264. The van der Waals surface area contributed by atoms with Crippen LogP contribution in [0.1, 0.15) is 45.3 Å². The van der Waals surface area contributed by atoms with Gasteiger partial charge in [0.05, 0.1) is 13.2 Å². The van der Waals surface area contributed by atoms with Crippen LogP contribution >= 0.6 is 0 Å². The van der Waals surface area contributed by atoms with Gasteiger partial charge in [0.25, 0.3) is 0 Å². The topological polar surface area (TPSA) is 29.5 Å². The van der Waals surface area contributed by atoms with Crippen LogP contribution in [0.4, 0.5) is 0 Å². The highest BCUT2D eigenvalue weighted by atomic mass is 16.5. The zero-order valence-corrected chi connectivity index (χ0v) is 10.7. The molecule has 1 N–H and O–H groups in total. The summed E-state index contributed by atoms with van der Waals surface area (Å²) in [5.41, 5.74) is 1.20. The van der Waals surface area contributed by atoms with Crippen LogP contribution in [0, 0.1) is 5.41 Å². The van der Waals surface area contributed by atoms with Crippen molar-refractivity contribution >= 4 is 0 Å². The van der Waals surface area contributed by atoms with Crippen molar-refractivity contribution in [2.45, 2.75) is 39.7 Å². The highest BCUT2D eigenvalue weighted by Crippen LogP contribution is 2.28. The molecule has 0 spiro atoms. The maximum atomic E-state index is 10.0. The first-order chi connectivity index (χ1) is 7.42. The SMILES string of the molecule is COc1cccc(C(O)CCC(C)(C)C)c1. The second kappa shape index (κ2) is 5.35. The van der Waals surface area contributed by atoms with E-state index in [9.17, 15) is 5.11 Å². The van der Waals surface area contributed by atoms with Crippen LogP contribution in [0.15, 0.2) is 24.3 Å². The molecule has 0 aliphatic heterocycles. The lowest BCUT2D eigenvalue weighted by Crippen LogP contribution is -2.08. The van der Waals surface area contributed by atoms with E-state index in [4.69, 9.17) is 4.74 Å². The summed E-state index contributed by atoms with van der Waals surface area (Å²) in [6.07, 6.45) is 1.40. The fraction of sp³-hybridized carbons (Fsp3) is 0.571. The highest BCUT2D eigenvalue weighted by molar-refractivity contribution is 5.29. The van der Waals surface area contributed by atoms with Gasteiger partial charge in [-0.1, -0.05) is 32.9 Å². The Morgan fingerprint density at radius 1 is 1.31 bits per heavy atom. The molecule has 0 fully saturated rings. The van der Waals surface area contributed by atoms with Gasteiger partial charge in [-0.15, -0.1) is 0 Å². The maximum Gasteiger partial charge on any atom is 0.119 e. The largest absolute Gasteiger partial charge is 0.497 e. The molecule has 1 aromatic carbocycles. The van der Waals surface area contributed by atoms with Crippen LogP contribution in [0.25, 0.3) is 0 Å². The summed E-state index contributed by atoms with van der Waals surface area (Å²) in [7, 11) is 1.64. The summed E-state index contributed by atoms with van der Waals surface area (Å²) >= 11 is 0. The van der Waals surface area contributed by atoms with E-state index in [1.165, 1.54) is 0 Å². The van der Waals surface area contributed by atoms with Gasteiger partial charge in [0.2, 0.25) is 0 Å². The van der Waals surface area contributed by atoms with Gasteiger partial charge in [0.1, 0.15) is 5.75 Å². The molecular weight excluding hydrogens is 200 g/mol. The predicted molar refractivity (Wildman–Crippen MR) is 66.6 cm³/mol. The molecule has 16 heavy (non-hydrogen) atoms. The van der Waals surface area contributed by atoms with Gasteiger partial charge in [-0.2, -0.15) is 0 Å². The van der Waals surface area contributed by atoms with Gasteiger partial charge in [0, 0.05) is 0 Å². The summed E-state index contributed by atoms with van der Waals surface area (Å²) in [5, 5.41) is 10.0. The van der Waals surface area contributed by atoms with E-state index in [0.29, 0.717) is 0 Å². The average Bonchev–Trinajstić information content (AvgIpc) is 2.25. The Morgan fingerprint density at radius 3 is 2.56 bits per heavy atom. The molecule has 0 bridgehead atoms. The minimum atomic E-state index is -0.394. The Balaban J connectivity index is 2.62. The van der Waals surface area contributed by atoms with E-state index in [2.05, 4.69) is 20.8 Å². The van der Waals surface area contributed by atoms with Crippen LogP contribution < -0.4 is 4.74 Å². The van der Waals surface area contributed by atoms with E-state index in [1.807, 2.05) is 24.3 Å². The summed E-state index contributed by atoms with van der Waals surface area (Å²) in [4.78, 5) is 0. The molecule has 1 aromatic rings. The van der Waals surface area contributed by atoms with E-state index in [1.54, 1.807) is 7.11 Å². The molecule has 1 unspecified atom stereocenters. The van der Waals surface area contributed by atoms with Crippen molar-refractivity contribution in [1.29, 1.82) is 0 Å². The Morgan fingerprint density at radius 2 is 2.00 bits per heavy atom. The third-order valence-corrected chi connectivity index (χ3v) is 2.65. The van der Waals surface area contributed by atoms with Gasteiger partial charge < -0.3 is 9.84 Å². The predicted octanol–water partition coefficient (Wildman–Crippen LogP) is 3.55. The molecule has 0 heterocycles. The number of methoxy groups -OCH3 is 1. The highest BCUT2D eigenvalue weighted by Gasteiger charge is 2.15. The summed E-state index contributed by atoms with van der Waals surface area (Å²) in [6.45, 7) is 6.56. The fourth-order valence-corrected chi connectivity index (χ4v) is 1.59. The van der Waals surface area contributed by atoms with Crippen molar-refractivity contribution < 1.29 is 9.84 Å². The molecule has 0 saturated heterocycles. The third kappa shape index (κ3) is 4.23. The molecule has 0 aliphatic rings. The summed E-state index contributed by atoms with van der Waals surface area (Å²) in [6, 6.07) is 7.64. The van der Waals surface area contributed by atoms with Crippen molar-refractivity contribution in [1.82, 2.24) is 0 Å². The molecule has 0 saturated carbocycles. The Bertz CT molecular complexity index is 326. The number of rotatable bonds is 4. The number of ether oxygens (including phenoxy) is 1. The first-order valence-corrected chi connectivity index (χ1v) is 5.74. The number of aliphatic hydroxyl groups is 1. The Kier molecular flexibility index (Phi) is 4.36. The standard InChI is InChI=1S/C14H22O2/c1-14(2,3)9-8-13(15)11-6-5-7-12(10-11)16-4/h5-7,10,13,15H,8-9H2,1-4H3. The van der Waals surface area contributed by atoms with Crippen molar-refractivity contribution in [3.63, 3.8) is 0 Å². The molecule has 1 rings (SSSR count). The Labute approximate surface area is 98.3 Å². The molecule has 2 nitrogen and oxygen atoms in total. The second-order valence-electron chi connectivity index (χ2n) is 5.39. The quantitative estimate of drug-likeness (QED) is 0.844. The smallest absolute Gasteiger partial charge is 0.119 e. The van der Waals surface area contributed by atoms with Crippen molar-refractivity contribution in [2.24, 2.45) is 5.41 Å². The molecule has 0 amide bonds. The molecular formula is C14H22O2. The van der Waals surface area contributed by atoms with Gasteiger partial charge in [-0.3, -0.25) is 0 Å². The van der Waals surface area contributed by atoms with E-state index in [-0.39, 0.29) is 5.41 Å². The van der Waals surface area contributed by atoms with E-state index >= 15 is 0 Å². The molecule has 0 aromatic heterocycles. The van der Waals surface area contributed by atoms with Gasteiger partial charge in [0.15, 0.2) is 0 Å². The Hall–Kier alpha value is -1.02. The normalized spacial score (nSPS) is 13.6. The molecule has 1 atom stereocenters. The lowest BCUT2D eigenvalue weighted by atomic mass is 9.88. The lowest BCUT2D eigenvalue weighted by Gasteiger charge is -2.20. The average molecular weight is 222 g/mol.